The number of amides is 3. The average molecular weight is 374 g/mol. The van der Waals surface area contributed by atoms with Crippen LogP contribution < -0.4 is 10.6 Å². The van der Waals surface area contributed by atoms with Crippen molar-refractivity contribution in [3.63, 3.8) is 0 Å². The van der Waals surface area contributed by atoms with Crippen LogP contribution in [0.4, 0.5) is 18.0 Å². The summed E-state index contributed by atoms with van der Waals surface area (Å²) in [5.41, 5.74) is 0.0488. The maximum atomic E-state index is 12.9. The number of nitrogens with zero attached hydrogens (tertiary/aromatic N) is 2. The first kappa shape index (κ1) is 19.1. The number of imidazole rings is 1. The van der Waals surface area contributed by atoms with Crippen LogP contribution in [0.3, 0.4) is 0 Å². The largest absolute Gasteiger partial charge is 0.416 e. The SMILES string of the molecule is CCCn1c(SCC(=O)NC(=O)NC)nc2ccc(C(F)(F)F)cc21. The van der Waals surface area contributed by atoms with Crippen LogP contribution in [0.2, 0.25) is 0 Å². The van der Waals surface area contributed by atoms with Gasteiger partial charge in [0.2, 0.25) is 5.91 Å². The van der Waals surface area contributed by atoms with E-state index in [4.69, 9.17) is 0 Å². The van der Waals surface area contributed by atoms with Crippen LogP contribution in [0.1, 0.15) is 18.9 Å². The lowest BCUT2D eigenvalue weighted by atomic mass is 10.2. The van der Waals surface area contributed by atoms with Gasteiger partial charge in [0.15, 0.2) is 5.16 Å². The molecule has 0 saturated carbocycles. The number of thioether (sulfide) groups is 1. The third-order valence-electron chi connectivity index (χ3n) is 3.30. The molecule has 3 amide bonds. The van der Waals surface area contributed by atoms with Crippen molar-refractivity contribution in [1.82, 2.24) is 20.2 Å². The Morgan fingerprint density at radius 2 is 2.04 bits per heavy atom. The summed E-state index contributed by atoms with van der Waals surface area (Å²) in [6.07, 6.45) is -3.74. The molecular formula is C15H17F3N4O2S. The number of nitrogens with one attached hydrogen (secondary N) is 2. The van der Waals surface area contributed by atoms with Crippen LogP contribution in [-0.2, 0) is 17.5 Å². The molecule has 2 N–H and O–H groups in total. The zero-order valence-electron chi connectivity index (χ0n) is 13.6. The Labute approximate surface area is 146 Å². The van der Waals surface area contributed by atoms with Gasteiger partial charge in [-0.2, -0.15) is 13.2 Å². The first-order chi connectivity index (χ1) is 11.8. The molecule has 0 unspecified atom stereocenters. The third-order valence-corrected chi connectivity index (χ3v) is 4.28. The highest BCUT2D eigenvalue weighted by Gasteiger charge is 2.31. The Kier molecular flexibility index (Phi) is 5.93. The average Bonchev–Trinajstić information content (AvgIpc) is 2.89. The molecule has 1 aromatic carbocycles. The van der Waals surface area contributed by atoms with Crippen molar-refractivity contribution in [2.75, 3.05) is 12.8 Å². The van der Waals surface area contributed by atoms with Crippen molar-refractivity contribution < 1.29 is 22.8 Å². The standard InChI is InChI=1S/C15H17F3N4O2S/c1-3-6-22-11-7-9(15(16,17)18)4-5-10(11)20-14(22)25-8-12(23)21-13(24)19-2/h4-5,7H,3,6,8H2,1-2H3,(H2,19,21,23,24). The van der Waals surface area contributed by atoms with Crippen LogP contribution >= 0.6 is 11.8 Å². The van der Waals surface area contributed by atoms with E-state index in [1.807, 2.05) is 6.92 Å². The van der Waals surface area contributed by atoms with Crippen molar-refractivity contribution in [2.45, 2.75) is 31.2 Å². The number of alkyl halides is 3. The number of hydrogen-bond acceptors (Lipinski definition) is 4. The van der Waals surface area contributed by atoms with Crippen molar-refractivity contribution in [3.05, 3.63) is 23.8 Å². The monoisotopic (exact) mass is 374 g/mol. The Balaban J connectivity index is 2.28. The van der Waals surface area contributed by atoms with Gasteiger partial charge in [-0.05, 0) is 24.6 Å². The smallest absolute Gasteiger partial charge is 0.341 e. The van der Waals surface area contributed by atoms with Gasteiger partial charge in [0.25, 0.3) is 0 Å². The molecule has 2 aromatic rings. The molecule has 0 spiro atoms. The predicted octanol–water partition coefficient (Wildman–Crippen LogP) is 3.01. The Hall–Kier alpha value is -2.23. The summed E-state index contributed by atoms with van der Waals surface area (Å²) in [4.78, 5) is 27.1. The summed E-state index contributed by atoms with van der Waals surface area (Å²) in [7, 11) is 1.38. The lowest BCUT2D eigenvalue weighted by Crippen LogP contribution is -2.38. The van der Waals surface area contributed by atoms with Crippen molar-refractivity contribution in [2.24, 2.45) is 0 Å². The third kappa shape index (κ3) is 4.65. The fourth-order valence-corrected chi connectivity index (χ4v) is 3.02. The Bertz CT molecular complexity index is 789. The maximum absolute atomic E-state index is 12.9. The summed E-state index contributed by atoms with van der Waals surface area (Å²) in [5, 5.41) is 4.81. The molecule has 0 aliphatic carbocycles. The number of carbonyl (C=O) groups excluding carboxylic acids is 2. The van der Waals surface area contributed by atoms with Gasteiger partial charge in [0.05, 0.1) is 22.3 Å². The number of hydrogen-bond donors (Lipinski definition) is 2. The molecule has 25 heavy (non-hydrogen) atoms. The normalized spacial score (nSPS) is 11.6. The van der Waals surface area contributed by atoms with Gasteiger partial charge in [-0.15, -0.1) is 0 Å². The number of rotatable bonds is 5. The van der Waals surface area contributed by atoms with E-state index in [9.17, 15) is 22.8 Å². The number of benzene rings is 1. The summed E-state index contributed by atoms with van der Waals surface area (Å²) in [5.74, 6) is -0.595. The summed E-state index contributed by atoms with van der Waals surface area (Å²) in [6.45, 7) is 2.36. The number of aryl methyl sites for hydroxylation is 1. The van der Waals surface area contributed by atoms with Gasteiger partial charge in [-0.25, -0.2) is 9.78 Å². The highest BCUT2D eigenvalue weighted by atomic mass is 32.2. The maximum Gasteiger partial charge on any atom is 0.416 e. The first-order valence-corrected chi connectivity index (χ1v) is 8.46. The van der Waals surface area contributed by atoms with Crippen molar-refractivity contribution >= 4 is 34.7 Å². The van der Waals surface area contributed by atoms with E-state index in [1.54, 1.807) is 4.57 Å². The predicted molar refractivity (Wildman–Crippen MR) is 88.3 cm³/mol. The second kappa shape index (κ2) is 7.77. The number of fused-ring (bicyclic) bond motifs is 1. The van der Waals surface area contributed by atoms with E-state index in [0.29, 0.717) is 29.2 Å². The van der Waals surface area contributed by atoms with Crippen LogP contribution in [-0.4, -0.2) is 34.3 Å². The first-order valence-electron chi connectivity index (χ1n) is 7.48. The van der Waals surface area contributed by atoms with Crippen LogP contribution in [0, 0.1) is 0 Å². The number of carbonyl (C=O) groups is 2. The van der Waals surface area contributed by atoms with E-state index >= 15 is 0 Å². The highest BCUT2D eigenvalue weighted by Crippen LogP contribution is 2.33. The molecule has 0 fully saturated rings. The Morgan fingerprint density at radius 3 is 2.64 bits per heavy atom. The molecule has 0 atom stereocenters. The number of aromatic nitrogens is 2. The second-order valence-corrected chi connectivity index (χ2v) is 6.11. The van der Waals surface area contributed by atoms with Gasteiger partial charge < -0.3 is 9.88 Å². The topological polar surface area (TPSA) is 76.0 Å². The van der Waals surface area contributed by atoms with Gasteiger partial charge in [0, 0.05) is 13.6 Å². The molecule has 6 nitrogen and oxygen atoms in total. The molecule has 0 aliphatic heterocycles. The van der Waals surface area contributed by atoms with E-state index in [1.165, 1.54) is 13.1 Å². The van der Waals surface area contributed by atoms with Gasteiger partial charge in [-0.1, -0.05) is 18.7 Å². The van der Waals surface area contributed by atoms with Crippen molar-refractivity contribution in [3.8, 4) is 0 Å². The molecular weight excluding hydrogens is 357 g/mol. The minimum Gasteiger partial charge on any atom is -0.341 e. The minimum absolute atomic E-state index is 0.0768. The molecule has 1 heterocycles. The molecule has 136 valence electrons. The number of halogens is 3. The quantitative estimate of drug-likeness (QED) is 0.789. The minimum atomic E-state index is -4.43. The lowest BCUT2D eigenvalue weighted by molar-refractivity contribution is -0.137. The van der Waals surface area contributed by atoms with Crippen LogP contribution in [0.5, 0.6) is 0 Å². The summed E-state index contributed by atoms with van der Waals surface area (Å²) in [6, 6.07) is 2.74. The summed E-state index contributed by atoms with van der Waals surface area (Å²) < 4.78 is 40.4. The van der Waals surface area contributed by atoms with E-state index in [2.05, 4.69) is 15.6 Å². The van der Waals surface area contributed by atoms with Gasteiger partial charge in [-0.3, -0.25) is 10.1 Å². The van der Waals surface area contributed by atoms with Crippen molar-refractivity contribution in [1.29, 1.82) is 0 Å². The molecule has 1 aromatic heterocycles. The van der Waals surface area contributed by atoms with E-state index in [0.717, 1.165) is 23.9 Å². The summed E-state index contributed by atoms with van der Waals surface area (Å²) >= 11 is 1.07. The van der Waals surface area contributed by atoms with Crippen LogP contribution in [0.25, 0.3) is 11.0 Å². The molecule has 0 radical (unpaired) electrons. The van der Waals surface area contributed by atoms with E-state index in [-0.39, 0.29) is 5.75 Å². The lowest BCUT2D eigenvalue weighted by Gasteiger charge is -2.09. The zero-order valence-corrected chi connectivity index (χ0v) is 14.4. The number of imide groups is 1. The molecule has 0 aliphatic rings. The Morgan fingerprint density at radius 1 is 1.32 bits per heavy atom. The van der Waals surface area contributed by atoms with E-state index < -0.39 is 23.7 Å². The van der Waals surface area contributed by atoms with Gasteiger partial charge >= 0.3 is 12.2 Å². The van der Waals surface area contributed by atoms with Gasteiger partial charge in [0.1, 0.15) is 0 Å². The fourth-order valence-electron chi connectivity index (χ4n) is 2.18. The highest BCUT2D eigenvalue weighted by molar-refractivity contribution is 7.99. The molecule has 2 rings (SSSR count). The van der Waals surface area contributed by atoms with Crippen LogP contribution in [0.15, 0.2) is 23.4 Å². The fraction of sp³-hybridized carbons (Fsp3) is 0.400. The second-order valence-electron chi connectivity index (χ2n) is 5.16. The molecule has 10 heteroatoms. The number of urea groups is 1. The zero-order chi connectivity index (χ0) is 18.6. The molecule has 0 bridgehead atoms. The molecule has 0 saturated heterocycles.